The van der Waals surface area contributed by atoms with E-state index in [4.69, 9.17) is 0 Å². The zero-order valence-electron chi connectivity index (χ0n) is 11.9. The van der Waals surface area contributed by atoms with Crippen LogP contribution in [0.25, 0.3) is 0 Å². The summed E-state index contributed by atoms with van der Waals surface area (Å²) in [6.07, 6.45) is 9.87. The van der Waals surface area contributed by atoms with Crippen LogP contribution in [0.3, 0.4) is 0 Å². The molecule has 1 aliphatic carbocycles. The van der Waals surface area contributed by atoms with Gasteiger partial charge in [0.2, 0.25) is 0 Å². The molecule has 0 aromatic rings. The Morgan fingerprint density at radius 1 is 0.944 bits per heavy atom. The van der Waals surface area contributed by atoms with Gasteiger partial charge in [0.25, 0.3) is 0 Å². The summed E-state index contributed by atoms with van der Waals surface area (Å²) in [7, 11) is 2.20. The zero-order chi connectivity index (χ0) is 12.8. The van der Waals surface area contributed by atoms with Crippen LogP contribution in [-0.2, 0) is 4.79 Å². The van der Waals surface area contributed by atoms with Crippen molar-refractivity contribution in [1.82, 2.24) is 9.80 Å². The maximum atomic E-state index is 11.6. The minimum absolute atomic E-state index is 0.0284. The van der Waals surface area contributed by atoms with E-state index in [0.29, 0.717) is 0 Å². The van der Waals surface area contributed by atoms with Crippen molar-refractivity contribution in [2.24, 2.45) is 5.41 Å². The van der Waals surface area contributed by atoms with Crippen molar-refractivity contribution in [3.05, 3.63) is 0 Å². The van der Waals surface area contributed by atoms with E-state index >= 15 is 0 Å². The molecule has 3 heteroatoms. The number of nitrogens with zero attached hydrogens (tertiary/aromatic N) is 2. The molecule has 1 saturated heterocycles. The van der Waals surface area contributed by atoms with Gasteiger partial charge in [-0.15, -0.1) is 0 Å². The second-order valence-corrected chi connectivity index (χ2v) is 6.33. The molecule has 2 aliphatic rings. The largest absolute Gasteiger partial charge is 0.305 e. The zero-order valence-corrected chi connectivity index (χ0v) is 11.9. The molecule has 1 heterocycles. The maximum Gasteiger partial charge on any atom is 0.127 e. The SMILES string of the molecule is CN1CCCN(CC2(C=O)CCCCCC2)CC1. The van der Waals surface area contributed by atoms with Crippen molar-refractivity contribution in [3.8, 4) is 0 Å². The van der Waals surface area contributed by atoms with Crippen molar-refractivity contribution < 1.29 is 4.79 Å². The number of hydrogen-bond donors (Lipinski definition) is 0. The lowest BCUT2D eigenvalue weighted by molar-refractivity contribution is -0.118. The van der Waals surface area contributed by atoms with Crippen molar-refractivity contribution in [1.29, 1.82) is 0 Å². The molecule has 0 atom stereocenters. The Morgan fingerprint density at radius 3 is 2.33 bits per heavy atom. The summed E-state index contributed by atoms with van der Waals surface area (Å²) >= 11 is 0. The molecular formula is C15H28N2O. The average molecular weight is 252 g/mol. The van der Waals surface area contributed by atoms with Crippen LogP contribution >= 0.6 is 0 Å². The average Bonchev–Trinajstić information content (AvgIpc) is 2.72. The Kier molecular flexibility index (Phi) is 5.19. The molecule has 2 rings (SSSR count). The highest BCUT2D eigenvalue weighted by Gasteiger charge is 2.32. The van der Waals surface area contributed by atoms with E-state index in [-0.39, 0.29) is 5.41 Å². The van der Waals surface area contributed by atoms with Crippen LogP contribution in [0.2, 0.25) is 0 Å². The van der Waals surface area contributed by atoms with E-state index < -0.39 is 0 Å². The normalized spacial score (nSPS) is 27.4. The van der Waals surface area contributed by atoms with Gasteiger partial charge in [0.15, 0.2) is 0 Å². The quantitative estimate of drug-likeness (QED) is 0.568. The first-order chi connectivity index (χ1) is 8.74. The Bertz CT molecular complexity index is 259. The van der Waals surface area contributed by atoms with Crippen LogP contribution in [0.1, 0.15) is 44.9 Å². The van der Waals surface area contributed by atoms with Gasteiger partial charge < -0.3 is 14.6 Å². The van der Waals surface area contributed by atoms with E-state index in [0.717, 1.165) is 32.5 Å². The smallest absolute Gasteiger partial charge is 0.127 e. The third-order valence-corrected chi connectivity index (χ3v) is 4.70. The molecule has 0 spiro atoms. The molecule has 0 aromatic carbocycles. The minimum Gasteiger partial charge on any atom is -0.305 e. The van der Waals surface area contributed by atoms with Gasteiger partial charge >= 0.3 is 0 Å². The van der Waals surface area contributed by atoms with Crippen molar-refractivity contribution in [2.75, 3.05) is 39.8 Å². The van der Waals surface area contributed by atoms with Crippen molar-refractivity contribution in [3.63, 3.8) is 0 Å². The summed E-state index contributed by atoms with van der Waals surface area (Å²) in [6.45, 7) is 5.65. The summed E-state index contributed by atoms with van der Waals surface area (Å²) in [5.74, 6) is 0. The van der Waals surface area contributed by atoms with Crippen LogP contribution in [0, 0.1) is 5.41 Å². The highest BCUT2D eigenvalue weighted by atomic mass is 16.1. The van der Waals surface area contributed by atoms with Gasteiger partial charge in [0.1, 0.15) is 6.29 Å². The molecule has 1 saturated carbocycles. The first-order valence-corrected chi connectivity index (χ1v) is 7.61. The summed E-state index contributed by atoms with van der Waals surface area (Å²) in [4.78, 5) is 16.6. The van der Waals surface area contributed by atoms with Gasteiger partial charge in [-0.25, -0.2) is 0 Å². The number of rotatable bonds is 3. The van der Waals surface area contributed by atoms with Crippen LogP contribution in [-0.4, -0.2) is 55.9 Å². The molecule has 2 fully saturated rings. The predicted octanol–water partition coefficient (Wildman–Crippen LogP) is 2.16. The molecule has 0 amide bonds. The van der Waals surface area contributed by atoms with Crippen LogP contribution < -0.4 is 0 Å². The van der Waals surface area contributed by atoms with Gasteiger partial charge in [-0.3, -0.25) is 0 Å². The van der Waals surface area contributed by atoms with Gasteiger partial charge in [-0.1, -0.05) is 25.7 Å². The Labute approximate surface area is 112 Å². The van der Waals surface area contributed by atoms with Crippen molar-refractivity contribution >= 4 is 6.29 Å². The van der Waals surface area contributed by atoms with E-state index in [1.54, 1.807) is 0 Å². The Morgan fingerprint density at radius 2 is 1.67 bits per heavy atom. The lowest BCUT2D eigenvalue weighted by atomic mass is 9.81. The molecule has 0 unspecified atom stereocenters. The molecule has 0 aromatic heterocycles. The lowest BCUT2D eigenvalue weighted by Crippen LogP contribution is -2.40. The third kappa shape index (κ3) is 3.79. The fraction of sp³-hybridized carbons (Fsp3) is 0.933. The van der Waals surface area contributed by atoms with E-state index in [2.05, 4.69) is 16.8 Å². The van der Waals surface area contributed by atoms with Crippen molar-refractivity contribution in [2.45, 2.75) is 44.9 Å². The molecule has 0 N–H and O–H groups in total. The molecule has 18 heavy (non-hydrogen) atoms. The molecule has 104 valence electrons. The first kappa shape index (κ1) is 14.0. The lowest BCUT2D eigenvalue weighted by Gasteiger charge is -2.33. The van der Waals surface area contributed by atoms with E-state index in [1.807, 2.05) is 0 Å². The van der Waals surface area contributed by atoms with Gasteiger partial charge in [-0.05, 0) is 39.4 Å². The highest BCUT2D eigenvalue weighted by Crippen LogP contribution is 2.34. The summed E-state index contributed by atoms with van der Waals surface area (Å²) in [5.41, 5.74) is -0.0284. The third-order valence-electron chi connectivity index (χ3n) is 4.70. The monoisotopic (exact) mass is 252 g/mol. The predicted molar refractivity (Wildman–Crippen MR) is 74.8 cm³/mol. The molecule has 0 bridgehead atoms. The standard InChI is InChI=1S/C15H28N2O/c1-16-9-6-10-17(12-11-16)13-15(14-18)7-4-2-3-5-8-15/h14H,2-13H2,1H3. The van der Waals surface area contributed by atoms with Crippen LogP contribution in [0.5, 0.6) is 0 Å². The first-order valence-electron chi connectivity index (χ1n) is 7.61. The Hall–Kier alpha value is -0.410. The molecular weight excluding hydrogens is 224 g/mol. The van der Waals surface area contributed by atoms with Gasteiger partial charge in [0.05, 0.1) is 0 Å². The fourth-order valence-corrected chi connectivity index (χ4v) is 3.45. The van der Waals surface area contributed by atoms with Crippen LogP contribution in [0.15, 0.2) is 0 Å². The summed E-state index contributed by atoms with van der Waals surface area (Å²) in [5, 5.41) is 0. The second-order valence-electron chi connectivity index (χ2n) is 6.33. The minimum atomic E-state index is -0.0284. The number of hydrogen-bond acceptors (Lipinski definition) is 3. The topological polar surface area (TPSA) is 23.6 Å². The second kappa shape index (κ2) is 6.67. The van der Waals surface area contributed by atoms with Gasteiger partial charge in [-0.2, -0.15) is 0 Å². The maximum absolute atomic E-state index is 11.6. The van der Waals surface area contributed by atoms with E-state index in [1.165, 1.54) is 51.5 Å². The Balaban J connectivity index is 1.93. The number of likely N-dealkylation sites (N-methyl/N-ethyl adjacent to an activating group) is 1. The van der Waals surface area contributed by atoms with Crippen LogP contribution in [0.4, 0.5) is 0 Å². The summed E-state index contributed by atoms with van der Waals surface area (Å²) < 4.78 is 0. The fourth-order valence-electron chi connectivity index (χ4n) is 3.45. The van der Waals surface area contributed by atoms with Gasteiger partial charge in [0, 0.05) is 25.0 Å². The molecule has 0 radical (unpaired) electrons. The molecule has 1 aliphatic heterocycles. The number of carbonyl (C=O) groups excluding carboxylic acids is 1. The number of carbonyl (C=O) groups is 1. The molecule has 3 nitrogen and oxygen atoms in total. The summed E-state index contributed by atoms with van der Waals surface area (Å²) in [6, 6.07) is 0. The van der Waals surface area contributed by atoms with E-state index in [9.17, 15) is 4.79 Å². The number of aldehydes is 1. The highest BCUT2D eigenvalue weighted by molar-refractivity contribution is 5.59.